The van der Waals surface area contributed by atoms with Crippen LogP contribution < -0.4 is 5.32 Å². The molecule has 0 saturated heterocycles. The second-order valence-electron chi connectivity index (χ2n) is 7.19. The van der Waals surface area contributed by atoms with Gasteiger partial charge in [-0.25, -0.2) is 9.59 Å². The van der Waals surface area contributed by atoms with Gasteiger partial charge in [0.25, 0.3) is 0 Å². The minimum absolute atomic E-state index is 0.171. The minimum Gasteiger partial charge on any atom is -0.465 e. The van der Waals surface area contributed by atoms with Crippen molar-refractivity contribution in [3.8, 4) is 0 Å². The topological polar surface area (TPSA) is 99.1 Å². The number of nitrogens with one attached hydrogen (secondary N) is 1. The van der Waals surface area contributed by atoms with Gasteiger partial charge in [-0.2, -0.15) is 0 Å². The predicted molar refractivity (Wildman–Crippen MR) is 99.0 cm³/mol. The normalized spacial score (nSPS) is 12.3. The summed E-state index contributed by atoms with van der Waals surface area (Å²) in [6.07, 6.45) is 0.368. The van der Waals surface area contributed by atoms with Crippen LogP contribution in [0.25, 0.3) is 0 Å². The van der Waals surface area contributed by atoms with E-state index in [0.717, 1.165) is 5.56 Å². The van der Waals surface area contributed by atoms with Crippen molar-refractivity contribution in [2.24, 2.45) is 0 Å². The number of unbranched alkanes of at least 4 members (excludes halogenated alkanes) is 1. The fraction of sp³-hybridized carbons (Fsp3) is 0.579. The molecular weight excluding hydrogens is 336 g/mol. The molecule has 0 saturated carbocycles. The highest BCUT2D eigenvalue weighted by Crippen LogP contribution is 2.15. The maximum Gasteiger partial charge on any atom is 0.407 e. The summed E-state index contributed by atoms with van der Waals surface area (Å²) in [4.78, 5) is 24.5. The Morgan fingerprint density at radius 1 is 1.19 bits per heavy atom. The molecule has 0 unspecified atom stereocenters. The van der Waals surface area contributed by atoms with Crippen molar-refractivity contribution in [1.82, 2.24) is 10.2 Å². The third-order valence-corrected chi connectivity index (χ3v) is 3.98. The van der Waals surface area contributed by atoms with Gasteiger partial charge in [-0.1, -0.05) is 30.3 Å². The predicted octanol–water partition coefficient (Wildman–Crippen LogP) is 3.22. The van der Waals surface area contributed by atoms with Crippen LogP contribution in [0.5, 0.6) is 0 Å². The number of aliphatic hydroxyl groups is 1. The van der Waals surface area contributed by atoms with Crippen molar-refractivity contribution in [3.05, 3.63) is 35.9 Å². The lowest BCUT2D eigenvalue weighted by atomic mass is 10.1. The van der Waals surface area contributed by atoms with E-state index in [4.69, 9.17) is 4.74 Å². The van der Waals surface area contributed by atoms with E-state index in [-0.39, 0.29) is 13.2 Å². The number of carboxylic acid groups (broad SMARTS) is 1. The molecule has 2 amide bonds. The first kappa shape index (κ1) is 21.8. The summed E-state index contributed by atoms with van der Waals surface area (Å²) >= 11 is 0. The van der Waals surface area contributed by atoms with E-state index in [1.54, 1.807) is 0 Å². The number of aliphatic hydroxyl groups excluding tert-OH is 1. The fourth-order valence-corrected chi connectivity index (χ4v) is 2.52. The van der Waals surface area contributed by atoms with E-state index in [1.165, 1.54) is 4.90 Å². The molecule has 7 nitrogen and oxygen atoms in total. The lowest BCUT2D eigenvalue weighted by Gasteiger charge is -2.33. The molecule has 0 heterocycles. The number of carbonyl (C=O) groups is 2. The van der Waals surface area contributed by atoms with Crippen LogP contribution in [0, 0.1) is 0 Å². The molecule has 146 valence electrons. The molecule has 7 heteroatoms. The Balaban J connectivity index is 2.31. The van der Waals surface area contributed by atoms with Crippen LogP contribution in [0.3, 0.4) is 0 Å². The molecular formula is C19H30N2O5. The quantitative estimate of drug-likeness (QED) is 0.583. The average Bonchev–Trinajstić information content (AvgIpc) is 2.58. The van der Waals surface area contributed by atoms with Gasteiger partial charge < -0.3 is 25.2 Å². The molecule has 0 aliphatic heterocycles. The minimum atomic E-state index is -0.946. The summed E-state index contributed by atoms with van der Waals surface area (Å²) in [5, 5.41) is 21.3. The number of amides is 2. The molecule has 26 heavy (non-hydrogen) atoms. The first-order chi connectivity index (χ1) is 12.2. The maximum absolute atomic E-state index is 11.8. The zero-order valence-electron chi connectivity index (χ0n) is 15.8. The third-order valence-electron chi connectivity index (χ3n) is 3.98. The summed E-state index contributed by atoms with van der Waals surface area (Å²) in [7, 11) is 0. The Labute approximate surface area is 155 Å². The number of hydrogen-bond donors (Lipinski definition) is 3. The molecule has 1 atom stereocenters. The van der Waals surface area contributed by atoms with Crippen LogP contribution in [0.1, 0.15) is 45.6 Å². The van der Waals surface area contributed by atoms with Crippen molar-refractivity contribution in [2.75, 3.05) is 13.2 Å². The van der Waals surface area contributed by atoms with Crippen molar-refractivity contribution >= 4 is 12.2 Å². The fourth-order valence-electron chi connectivity index (χ4n) is 2.52. The summed E-state index contributed by atoms with van der Waals surface area (Å²) < 4.78 is 5.13. The van der Waals surface area contributed by atoms with E-state index in [0.29, 0.717) is 25.8 Å². The molecule has 0 radical (unpaired) electrons. The van der Waals surface area contributed by atoms with Gasteiger partial charge in [-0.05, 0) is 45.6 Å². The molecule has 1 rings (SSSR count). The maximum atomic E-state index is 11.8. The molecule has 0 aromatic heterocycles. The second-order valence-corrected chi connectivity index (χ2v) is 7.19. The van der Waals surface area contributed by atoms with E-state index < -0.39 is 23.8 Å². The second kappa shape index (κ2) is 10.7. The van der Waals surface area contributed by atoms with E-state index in [1.807, 2.05) is 51.1 Å². The number of nitrogens with zero attached hydrogens (tertiary/aromatic N) is 1. The zero-order chi connectivity index (χ0) is 19.6. The first-order valence-corrected chi connectivity index (χ1v) is 8.82. The smallest absolute Gasteiger partial charge is 0.407 e. The summed E-state index contributed by atoms with van der Waals surface area (Å²) in [5.74, 6) is 0. The molecule has 0 fully saturated rings. The van der Waals surface area contributed by atoms with Crippen molar-refractivity contribution in [1.29, 1.82) is 0 Å². The van der Waals surface area contributed by atoms with Gasteiger partial charge in [-0.3, -0.25) is 0 Å². The van der Waals surface area contributed by atoms with Crippen molar-refractivity contribution < 1.29 is 24.5 Å². The molecule has 1 aromatic rings. The summed E-state index contributed by atoms with van der Waals surface area (Å²) in [6.45, 7) is 5.94. The van der Waals surface area contributed by atoms with Gasteiger partial charge >= 0.3 is 12.2 Å². The highest BCUT2D eigenvalue weighted by atomic mass is 16.5. The highest BCUT2D eigenvalue weighted by Gasteiger charge is 2.25. The van der Waals surface area contributed by atoms with Crippen LogP contribution in [0.4, 0.5) is 9.59 Å². The Kier molecular flexibility index (Phi) is 8.92. The van der Waals surface area contributed by atoms with Crippen molar-refractivity contribution in [2.45, 2.75) is 58.2 Å². The number of hydrogen-bond acceptors (Lipinski definition) is 4. The van der Waals surface area contributed by atoms with Crippen LogP contribution in [-0.4, -0.2) is 52.0 Å². The Hall–Kier alpha value is -2.28. The SMILES string of the molecule is CC(C)(C)N(CCCC[C@@H](CO)NC(=O)OCc1ccccc1)C(=O)O. The van der Waals surface area contributed by atoms with Crippen LogP contribution in [-0.2, 0) is 11.3 Å². The standard InChI is InChI=1S/C19H30N2O5/c1-19(2,3)21(18(24)25)12-8-7-11-16(13-22)20-17(23)26-14-15-9-5-4-6-10-15/h4-6,9-10,16,22H,7-8,11-14H2,1-3H3,(H,20,23)(H,24,25)/t16-/m0/s1. The Morgan fingerprint density at radius 3 is 2.38 bits per heavy atom. The van der Waals surface area contributed by atoms with Gasteiger partial charge in [0.05, 0.1) is 12.6 Å². The third kappa shape index (κ3) is 8.20. The molecule has 0 aliphatic rings. The lowest BCUT2D eigenvalue weighted by molar-refractivity contribution is 0.0984. The molecule has 3 N–H and O–H groups in total. The Bertz CT molecular complexity index is 557. The number of benzene rings is 1. The number of carbonyl (C=O) groups excluding carboxylic acids is 1. The van der Waals surface area contributed by atoms with Gasteiger partial charge in [-0.15, -0.1) is 0 Å². The largest absolute Gasteiger partial charge is 0.465 e. The molecule has 0 bridgehead atoms. The molecule has 0 aliphatic carbocycles. The Morgan fingerprint density at radius 2 is 1.85 bits per heavy atom. The van der Waals surface area contributed by atoms with Gasteiger partial charge in [0, 0.05) is 12.1 Å². The van der Waals surface area contributed by atoms with Crippen LogP contribution in [0.15, 0.2) is 30.3 Å². The number of ether oxygens (including phenoxy) is 1. The summed E-state index contributed by atoms with van der Waals surface area (Å²) in [6, 6.07) is 8.93. The van der Waals surface area contributed by atoms with E-state index in [9.17, 15) is 19.8 Å². The average molecular weight is 366 g/mol. The zero-order valence-corrected chi connectivity index (χ0v) is 15.8. The summed E-state index contributed by atoms with van der Waals surface area (Å²) in [5.41, 5.74) is 0.431. The van der Waals surface area contributed by atoms with Crippen molar-refractivity contribution in [3.63, 3.8) is 0 Å². The lowest BCUT2D eigenvalue weighted by Crippen LogP contribution is -2.45. The van der Waals surface area contributed by atoms with E-state index in [2.05, 4.69) is 5.32 Å². The van der Waals surface area contributed by atoms with E-state index >= 15 is 0 Å². The monoisotopic (exact) mass is 366 g/mol. The van der Waals surface area contributed by atoms with Gasteiger partial charge in [0.15, 0.2) is 0 Å². The van der Waals surface area contributed by atoms with Gasteiger partial charge in [0.2, 0.25) is 0 Å². The number of rotatable bonds is 9. The highest BCUT2D eigenvalue weighted by molar-refractivity contribution is 5.67. The van der Waals surface area contributed by atoms with Crippen LogP contribution >= 0.6 is 0 Å². The van der Waals surface area contributed by atoms with Gasteiger partial charge in [0.1, 0.15) is 6.61 Å². The first-order valence-electron chi connectivity index (χ1n) is 8.82. The molecule has 0 spiro atoms. The number of alkyl carbamates (subject to hydrolysis) is 1. The van der Waals surface area contributed by atoms with Crippen LogP contribution in [0.2, 0.25) is 0 Å². The molecule has 1 aromatic carbocycles.